The third-order valence-electron chi connectivity index (χ3n) is 9.15. The summed E-state index contributed by atoms with van der Waals surface area (Å²) in [5, 5.41) is 30.5. The van der Waals surface area contributed by atoms with Crippen molar-refractivity contribution in [3.8, 4) is 0 Å². The molecule has 6 N–H and O–H groups in total. The Hall–Kier alpha value is -3.04. The summed E-state index contributed by atoms with van der Waals surface area (Å²) in [6.45, 7) is 1.24. The highest BCUT2D eigenvalue weighted by Crippen LogP contribution is 2.43. The van der Waals surface area contributed by atoms with E-state index in [-0.39, 0.29) is 32.1 Å². The number of phosphoric acid groups is 2. The molecule has 0 heterocycles. The Kier molecular flexibility index (Phi) is 40.3. The van der Waals surface area contributed by atoms with E-state index < -0.39 is 78.4 Å². The zero-order valence-corrected chi connectivity index (χ0v) is 40.6. The maximum atomic E-state index is 12.7. The van der Waals surface area contributed by atoms with Crippen LogP contribution in [0.15, 0.2) is 97.2 Å². The molecule has 0 spiro atoms. The van der Waals surface area contributed by atoms with Crippen LogP contribution < -0.4 is 0 Å². The van der Waals surface area contributed by atoms with Crippen molar-refractivity contribution in [3.05, 3.63) is 97.2 Å². The number of hydrogen-bond donors (Lipinski definition) is 6. The Balaban J connectivity index is 4.79. The van der Waals surface area contributed by atoms with Gasteiger partial charge in [0.1, 0.15) is 12.7 Å². The molecule has 65 heavy (non-hydrogen) atoms. The fourth-order valence-corrected chi connectivity index (χ4v) is 6.69. The number of unbranched alkanes of at least 4 members (excludes halogenated alkanes) is 6. The van der Waals surface area contributed by atoms with Crippen molar-refractivity contribution in [1.29, 1.82) is 0 Å². The summed E-state index contributed by atoms with van der Waals surface area (Å²) in [7, 11) is -9.81. The molecule has 0 rings (SSSR count). The number of esters is 2. The highest BCUT2D eigenvalue weighted by molar-refractivity contribution is 7.47. The third kappa shape index (κ3) is 44.6. The van der Waals surface area contributed by atoms with Crippen molar-refractivity contribution in [1.82, 2.24) is 0 Å². The van der Waals surface area contributed by atoms with Gasteiger partial charge in [0.05, 0.1) is 32.0 Å². The van der Waals surface area contributed by atoms with E-state index in [1.807, 2.05) is 12.2 Å². The lowest BCUT2D eigenvalue weighted by Gasteiger charge is -2.21. The number of rotatable bonds is 42. The van der Waals surface area contributed by atoms with Crippen LogP contribution in [0.2, 0.25) is 0 Å². The Labute approximate surface area is 388 Å². The van der Waals surface area contributed by atoms with Crippen LogP contribution >= 0.6 is 15.6 Å². The average Bonchev–Trinajstić information content (AvgIpc) is 3.26. The number of aliphatic hydroxyl groups is 3. The molecule has 0 amide bonds. The molecule has 3 unspecified atom stereocenters. The number of ether oxygens (including phenoxy) is 2. The monoisotopic (exact) mass is 958 g/mol. The van der Waals surface area contributed by atoms with Gasteiger partial charge in [0.25, 0.3) is 0 Å². The van der Waals surface area contributed by atoms with Crippen molar-refractivity contribution in [2.75, 3.05) is 26.4 Å². The van der Waals surface area contributed by atoms with Crippen LogP contribution in [0.1, 0.15) is 142 Å². The summed E-state index contributed by atoms with van der Waals surface area (Å²) in [6, 6.07) is 0. The predicted molar refractivity (Wildman–Crippen MR) is 255 cm³/mol. The Morgan fingerprint density at radius 1 is 0.508 bits per heavy atom. The van der Waals surface area contributed by atoms with E-state index in [0.717, 1.165) is 64.2 Å². The summed E-state index contributed by atoms with van der Waals surface area (Å²) in [5.74, 6) is -1.36. The molecule has 0 aromatic heterocycles. The van der Waals surface area contributed by atoms with Gasteiger partial charge in [-0.1, -0.05) is 130 Å². The number of carbonyl (C=O) groups is 2. The summed E-state index contributed by atoms with van der Waals surface area (Å²) < 4.78 is 47.6. The van der Waals surface area contributed by atoms with Gasteiger partial charge in [-0.2, -0.15) is 0 Å². The van der Waals surface area contributed by atoms with Crippen LogP contribution in [0.25, 0.3) is 0 Å². The molecule has 0 aliphatic heterocycles. The van der Waals surface area contributed by atoms with E-state index >= 15 is 0 Å². The SMILES string of the molecule is CC/C=C\C/C=C\C/C=C\C/C=C\C/C=C\CCCCCC(=O)OC[C@H](COP(=O)(O)OC[C@@H](O)COP(=O)(O)O)OC(=O)CCCC(O)C(O)C/C=C\C/C=C\C/C=C\CCCCC. The zero-order chi connectivity index (χ0) is 48.3. The molecular weight excluding hydrogens is 878 g/mol. The van der Waals surface area contributed by atoms with Crippen molar-refractivity contribution in [2.24, 2.45) is 0 Å². The molecule has 0 aromatic rings. The summed E-state index contributed by atoms with van der Waals surface area (Å²) in [6.07, 6.45) is 42.7. The first-order valence-corrected chi connectivity index (χ1v) is 26.1. The molecule has 0 aliphatic carbocycles. The minimum absolute atomic E-state index is 0.0829. The van der Waals surface area contributed by atoms with E-state index in [9.17, 15) is 38.9 Å². The van der Waals surface area contributed by atoms with Crippen LogP contribution in [-0.2, 0) is 41.8 Å². The van der Waals surface area contributed by atoms with Crippen molar-refractivity contribution >= 4 is 27.6 Å². The molecule has 372 valence electrons. The molecule has 0 aliphatic rings. The highest BCUT2D eigenvalue weighted by Gasteiger charge is 2.28. The van der Waals surface area contributed by atoms with Gasteiger partial charge >= 0.3 is 27.6 Å². The number of aliphatic hydroxyl groups excluding tert-OH is 3. The van der Waals surface area contributed by atoms with Crippen molar-refractivity contribution < 1.29 is 71.8 Å². The first-order valence-electron chi connectivity index (χ1n) is 23.1. The van der Waals surface area contributed by atoms with Crippen LogP contribution in [-0.4, -0.2) is 92.8 Å². The molecular formula is C48H80O15P2. The van der Waals surface area contributed by atoms with E-state index in [1.165, 1.54) is 19.3 Å². The van der Waals surface area contributed by atoms with Crippen LogP contribution in [0.4, 0.5) is 0 Å². The highest BCUT2D eigenvalue weighted by atomic mass is 31.2. The standard InChI is InChI=1S/C48H80O15P2/c1-3-5-7-9-11-13-15-17-18-19-20-21-22-23-25-27-29-31-33-37-47(52)59-41-44(42-62-65(57,58)61-40-43(49)39-60-64(54,55)56)63-48(53)38-34-36-46(51)45(50)35-32-30-28-26-24-16-14-12-10-8-6-4-2/h5,7,11-14,17-18,20-21,23-26,30,32,43-46,49-51H,3-4,6,8-10,15-16,19,22,27-29,31,33-42H2,1-2H3,(H,57,58)(H2,54,55,56)/b7-5-,13-11-,14-12-,18-17-,21-20-,25-23-,26-24-,32-30-/t43-,44+,45?,46?/m0/s1. The van der Waals surface area contributed by atoms with Crippen LogP contribution in [0, 0.1) is 0 Å². The fourth-order valence-electron chi connectivity index (χ4n) is 5.53. The minimum Gasteiger partial charge on any atom is -0.462 e. The molecule has 0 radical (unpaired) electrons. The van der Waals surface area contributed by atoms with Crippen LogP contribution in [0.5, 0.6) is 0 Å². The van der Waals surface area contributed by atoms with Gasteiger partial charge < -0.3 is 39.5 Å². The Morgan fingerprint density at radius 2 is 0.985 bits per heavy atom. The number of allylic oxidation sites excluding steroid dienone is 15. The molecule has 0 saturated heterocycles. The van der Waals surface area contributed by atoms with Gasteiger partial charge in [-0.3, -0.25) is 23.2 Å². The smallest absolute Gasteiger partial charge is 0.462 e. The van der Waals surface area contributed by atoms with Crippen molar-refractivity contribution in [2.45, 2.75) is 167 Å². The Morgan fingerprint density at radius 3 is 1.52 bits per heavy atom. The largest absolute Gasteiger partial charge is 0.472 e. The average molecular weight is 959 g/mol. The lowest BCUT2D eigenvalue weighted by molar-refractivity contribution is -0.161. The van der Waals surface area contributed by atoms with E-state index in [4.69, 9.17) is 23.8 Å². The van der Waals surface area contributed by atoms with Gasteiger partial charge in [0.2, 0.25) is 0 Å². The van der Waals surface area contributed by atoms with E-state index in [1.54, 1.807) is 6.08 Å². The van der Waals surface area contributed by atoms with Gasteiger partial charge in [0.15, 0.2) is 6.10 Å². The first-order chi connectivity index (χ1) is 31.2. The lowest BCUT2D eigenvalue weighted by Crippen LogP contribution is -2.30. The second kappa shape index (κ2) is 42.3. The second-order valence-corrected chi connectivity index (χ2v) is 17.9. The first kappa shape index (κ1) is 62.0. The van der Waals surface area contributed by atoms with Crippen LogP contribution in [0.3, 0.4) is 0 Å². The third-order valence-corrected chi connectivity index (χ3v) is 10.6. The molecule has 0 bridgehead atoms. The van der Waals surface area contributed by atoms with E-state index in [2.05, 4.69) is 102 Å². The summed E-state index contributed by atoms with van der Waals surface area (Å²) in [5.41, 5.74) is 0. The maximum absolute atomic E-state index is 12.7. The minimum atomic E-state index is -4.91. The van der Waals surface area contributed by atoms with Gasteiger partial charge in [0, 0.05) is 12.8 Å². The quantitative estimate of drug-likeness (QED) is 0.0144. The zero-order valence-electron chi connectivity index (χ0n) is 38.8. The molecule has 5 atom stereocenters. The van der Waals surface area contributed by atoms with E-state index in [0.29, 0.717) is 12.8 Å². The molecule has 0 fully saturated rings. The maximum Gasteiger partial charge on any atom is 0.472 e. The van der Waals surface area contributed by atoms with Gasteiger partial charge in [-0.15, -0.1) is 0 Å². The normalized spacial score (nSPS) is 15.8. The van der Waals surface area contributed by atoms with Gasteiger partial charge in [-0.25, -0.2) is 9.13 Å². The second-order valence-electron chi connectivity index (χ2n) is 15.2. The molecule has 0 saturated carbocycles. The summed E-state index contributed by atoms with van der Waals surface area (Å²) >= 11 is 0. The lowest BCUT2D eigenvalue weighted by atomic mass is 10.0. The molecule has 0 aromatic carbocycles. The summed E-state index contributed by atoms with van der Waals surface area (Å²) in [4.78, 5) is 52.8. The Bertz CT molecular complexity index is 1550. The fraction of sp³-hybridized carbons (Fsp3) is 0.625. The number of carbonyl (C=O) groups excluding carboxylic acids is 2. The van der Waals surface area contributed by atoms with Crippen molar-refractivity contribution in [3.63, 3.8) is 0 Å². The predicted octanol–water partition coefficient (Wildman–Crippen LogP) is 10.1. The number of phosphoric ester groups is 2. The van der Waals surface area contributed by atoms with Gasteiger partial charge in [-0.05, 0) is 96.3 Å². The topological polar surface area (TPSA) is 236 Å². The molecule has 17 heteroatoms. The molecule has 15 nitrogen and oxygen atoms in total. The number of hydrogen-bond acceptors (Lipinski definition) is 12.